The first-order chi connectivity index (χ1) is 12.8. The minimum Gasteiger partial charge on any atom is -0.460 e. The standard InChI is InChI=1S/C19H15FN4O2/c20-14-3-5-16(6-4-14)25-18-8-15(24-13-22-12-23-24)9-19(10-18)26-17-2-1-7-21-11-17/h1-8,10-13,15H,9H2. The molecule has 2 aromatic heterocycles. The Morgan fingerprint density at radius 3 is 2.65 bits per heavy atom. The lowest BCUT2D eigenvalue weighted by Gasteiger charge is -2.22. The van der Waals surface area contributed by atoms with Gasteiger partial charge in [-0.15, -0.1) is 0 Å². The lowest BCUT2D eigenvalue weighted by Crippen LogP contribution is -2.16. The molecular weight excluding hydrogens is 335 g/mol. The van der Waals surface area contributed by atoms with Crippen LogP contribution in [0.2, 0.25) is 0 Å². The molecule has 7 heteroatoms. The van der Waals surface area contributed by atoms with Gasteiger partial charge in [0.05, 0.1) is 12.2 Å². The molecule has 0 radical (unpaired) electrons. The van der Waals surface area contributed by atoms with Crippen LogP contribution in [-0.2, 0) is 0 Å². The summed E-state index contributed by atoms with van der Waals surface area (Å²) in [7, 11) is 0. The van der Waals surface area contributed by atoms with Gasteiger partial charge >= 0.3 is 0 Å². The molecule has 1 atom stereocenters. The molecule has 0 N–H and O–H groups in total. The van der Waals surface area contributed by atoms with Crippen molar-refractivity contribution in [3.05, 3.63) is 90.9 Å². The highest BCUT2D eigenvalue weighted by Gasteiger charge is 2.20. The molecule has 0 fully saturated rings. The normalized spacial score (nSPS) is 16.6. The number of benzene rings is 1. The molecule has 3 aromatic rings. The SMILES string of the molecule is Fc1ccc(OC2=CC(n3cncn3)CC(Oc3cccnc3)=C2)cc1. The van der Waals surface area contributed by atoms with Crippen LogP contribution in [0.15, 0.2) is 85.1 Å². The van der Waals surface area contributed by atoms with Gasteiger partial charge in [-0.25, -0.2) is 14.1 Å². The van der Waals surface area contributed by atoms with Crippen molar-refractivity contribution < 1.29 is 13.9 Å². The number of aromatic nitrogens is 4. The number of hydrogen-bond acceptors (Lipinski definition) is 5. The molecule has 6 nitrogen and oxygen atoms in total. The van der Waals surface area contributed by atoms with Crippen molar-refractivity contribution in [2.24, 2.45) is 0 Å². The summed E-state index contributed by atoms with van der Waals surface area (Å²) in [4.78, 5) is 8.05. The van der Waals surface area contributed by atoms with E-state index in [1.165, 1.54) is 18.5 Å². The fourth-order valence-corrected chi connectivity index (χ4v) is 2.61. The van der Waals surface area contributed by atoms with Crippen molar-refractivity contribution in [3.63, 3.8) is 0 Å². The zero-order valence-electron chi connectivity index (χ0n) is 13.7. The van der Waals surface area contributed by atoms with E-state index in [0.717, 1.165) is 0 Å². The summed E-state index contributed by atoms with van der Waals surface area (Å²) >= 11 is 0. The maximum atomic E-state index is 13.1. The number of nitrogens with zero attached hydrogens (tertiary/aromatic N) is 4. The summed E-state index contributed by atoms with van der Waals surface area (Å²) < 4.78 is 26.6. The molecular formula is C19H15FN4O2. The predicted molar refractivity (Wildman–Crippen MR) is 91.7 cm³/mol. The summed E-state index contributed by atoms with van der Waals surface area (Å²) in [6, 6.07) is 9.38. The topological polar surface area (TPSA) is 62.1 Å². The van der Waals surface area contributed by atoms with E-state index in [1.807, 2.05) is 18.2 Å². The van der Waals surface area contributed by atoms with Crippen molar-refractivity contribution in [1.29, 1.82) is 0 Å². The van der Waals surface area contributed by atoms with Crippen LogP contribution < -0.4 is 9.47 Å². The summed E-state index contributed by atoms with van der Waals surface area (Å²) in [5.41, 5.74) is 0. The third-order valence-corrected chi connectivity index (χ3v) is 3.78. The Kier molecular flexibility index (Phi) is 4.42. The smallest absolute Gasteiger partial charge is 0.145 e. The van der Waals surface area contributed by atoms with E-state index in [9.17, 15) is 4.39 Å². The van der Waals surface area contributed by atoms with Gasteiger partial charge in [-0.1, -0.05) is 0 Å². The fourth-order valence-electron chi connectivity index (χ4n) is 2.61. The number of halogens is 1. The molecule has 1 unspecified atom stereocenters. The number of allylic oxidation sites excluding steroid dienone is 3. The monoisotopic (exact) mass is 350 g/mol. The lowest BCUT2D eigenvalue weighted by molar-refractivity contribution is 0.345. The molecule has 0 spiro atoms. The molecule has 0 bridgehead atoms. The van der Waals surface area contributed by atoms with Gasteiger partial charge in [0.2, 0.25) is 0 Å². The van der Waals surface area contributed by atoms with Crippen molar-refractivity contribution in [1.82, 2.24) is 19.7 Å². The average Bonchev–Trinajstić information content (AvgIpc) is 3.19. The summed E-state index contributed by atoms with van der Waals surface area (Å²) in [6.45, 7) is 0. The molecule has 0 amide bonds. The van der Waals surface area contributed by atoms with E-state index in [4.69, 9.17) is 9.47 Å². The first-order valence-electron chi connectivity index (χ1n) is 8.04. The van der Waals surface area contributed by atoms with Gasteiger partial charge in [0.1, 0.15) is 41.5 Å². The molecule has 2 heterocycles. The lowest BCUT2D eigenvalue weighted by atomic mass is 10.1. The zero-order valence-corrected chi connectivity index (χ0v) is 13.7. The number of hydrogen-bond donors (Lipinski definition) is 0. The maximum Gasteiger partial charge on any atom is 0.145 e. The Balaban J connectivity index is 1.60. The first-order valence-corrected chi connectivity index (χ1v) is 8.04. The predicted octanol–water partition coefficient (Wildman–Crippen LogP) is 3.68. The van der Waals surface area contributed by atoms with Crippen LogP contribution in [-0.4, -0.2) is 19.7 Å². The van der Waals surface area contributed by atoms with Gasteiger partial charge in [0.25, 0.3) is 0 Å². The van der Waals surface area contributed by atoms with Gasteiger partial charge in [0.15, 0.2) is 0 Å². The molecule has 1 aliphatic rings. The third-order valence-electron chi connectivity index (χ3n) is 3.78. The van der Waals surface area contributed by atoms with Crippen LogP contribution in [0.5, 0.6) is 11.5 Å². The highest BCUT2D eigenvalue weighted by molar-refractivity contribution is 5.32. The second-order valence-corrected chi connectivity index (χ2v) is 5.67. The Morgan fingerprint density at radius 1 is 1.04 bits per heavy atom. The van der Waals surface area contributed by atoms with Gasteiger partial charge in [0, 0.05) is 18.7 Å². The molecule has 0 saturated heterocycles. The van der Waals surface area contributed by atoms with Crippen LogP contribution in [0.1, 0.15) is 12.5 Å². The van der Waals surface area contributed by atoms with Crippen LogP contribution in [0.3, 0.4) is 0 Å². The van der Waals surface area contributed by atoms with E-state index in [0.29, 0.717) is 29.4 Å². The molecule has 0 saturated carbocycles. The highest BCUT2D eigenvalue weighted by Crippen LogP contribution is 2.29. The quantitative estimate of drug-likeness (QED) is 0.702. The zero-order chi connectivity index (χ0) is 17.8. The molecule has 130 valence electrons. The Labute approximate surface area is 149 Å². The summed E-state index contributed by atoms with van der Waals surface area (Å²) in [5.74, 6) is 2.15. The Morgan fingerprint density at radius 2 is 1.92 bits per heavy atom. The molecule has 0 aliphatic heterocycles. The fraction of sp³-hybridized carbons (Fsp3) is 0.105. The minimum absolute atomic E-state index is 0.107. The summed E-state index contributed by atoms with van der Waals surface area (Å²) in [6.07, 6.45) is 10.8. The van der Waals surface area contributed by atoms with E-state index >= 15 is 0 Å². The van der Waals surface area contributed by atoms with Crippen LogP contribution in [0.25, 0.3) is 0 Å². The van der Waals surface area contributed by atoms with E-state index in [1.54, 1.807) is 41.6 Å². The average molecular weight is 350 g/mol. The van der Waals surface area contributed by atoms with Gasteiger partial charge < -0.3 is 9.47 Å². The van der Waals surface area contributed by atoms with Crippen LogP contribution >= 0.6 is 0 Å². The van der Waals surface area contributed by atoms with Gasteiger partial charge in [-0.05, 0) is 42.5 Å². The van der Waals surface area contributed by atoms with Crippen molar-refractivity contribution >= 4 is 0 Å². The van der Waals surface area contributed by atoms with Gasteiger partial charge in [-0.3, -0.25) is 4.98 Å². The first kappa shape index (κ1) is 16.0. The van der Waals surface area contributed by atoms with E-state index < -0.39 is 0 Å². The minimum atomic E-state index is -0.313. The Hall–Kier alpha value is -3.48. The molecule has 1 aliphatic carbocycles. The Bertz CT molecular complexity index is 922. The molecule has 4 rings (SSSR count). The third kappa shape index (κ3) is 3.77. The maximum absolute atomic E-state index is 13.1. The molecule has 26 heavy (non-hydrogen) atoms. The molecule has 1 aromatic carbocycles. The second kappa shape index (κ2) is 7.18. The number of pyridine rings is 1. The number of rotatable bonds is 5. The van der Waals surface area contributed by atoms with Crippen LogP contribution in [0.4, 0.5) is 4.39 Å². The number of ether oxygens (including phenoxy) is 2. The van der Waals surface area contributed by atoms with Crippen molar-refractivity contribution in [2.45, 2.75) is 12.5 Å². The van der Waals surface area contributed by atoms with Crippen LogP contribution in [0, 0.1) is 5.82 Å². The van der Waals surface area contributed by atoms with E-state index in [2.05, 4.69) is 15.1 Å². The summed E-state index contributed by atoms with van der Waals surface area (Å²) in [5, 5.41) is 4.20. The van der Waals surface area contributed by atoms with E-state index in [-0.39, 0.29) is 11.9 Å². The largest absolute Gasteiger partial charge is 0.460 e. The van der Waals surface area contributed by atoms with Crippen molar-refractivity contribution in [2.75, 3.05) is 0 Å². The van der Waals surface area contributed by atoms with Gasteiger partial charge in [-0.2, -0.15) is 5.10 Å². The van der Waals surface area contributed by atoms with Crippen molar-refractivity contribution in [3.8, 4) is 11.5 Å². The second-order valence-electron chi connectivity index (χ2n) is 5.67. The highest BCUT2D eigenvalue weighted by atomic mass is 19.1.